The summed E-state index contributed by atoms with van der Waals surface area (Å²) in [6, 6.07) is 55.2. The van der Waals surface area contributed by atoms with Crippen molar-refractivity contribution in [3.05, 3.63) is 197 Å². The first-order chi connectivity index (χ1) is 24.0. The lowest BCUT2D eigenvalue weighted by Crippen LogP contribution is -2.20. The molecular formula is C43H46ClO4P. The molecule has 0 aliphatic carbocycles. The molecule has 6 rings (SSSR count). The number of aliphatic hydroxyl groups excluding tert-OH is 4. The Morgan fingerprint density at radius 2 is 0.673 bits per heavy atom. The zero-order valence-electron chi connectivity index (χ0n) is 27.9. The van der Waals surface area contributed by atoms with E-state index in [9.17, 15) is 0 Å². The number of halogens is 1. The normalized spacial score (nSPS) is 10.1. The van der Waals surface area contributed by atoms with Gasteiger partial charge < -0.3 is 20.4 Å². The molecule has 254 valence electrons. The van der Waals surface area contributed by atoms with Crippen molar-refractivity contribution in [3.8, 4) is 0 Å². The third-order valence-corrected chi connectivity index (χ3v) is 10.1. The van der Waals surface area contributed by atoms with Gasteiger partial charge in [-0.1, -0.05) is 171 Å². The van der Waals surface area contributed by atoms with Gasteiger partial charge in [0.15, 0.2) is 0 Å². The predicted molar refractivity (Wildman–Crippen MR) is 207 cm³/mol. The second kappa shape index (κ2) is 23.3. The highest BCUT2D eigenvalue weighted by atomic mass is 35.5. The molecule has 0 bridgehead atoms. The van der Waals surface area contributed by atoms with Crippen molar-refractivity contribution in [1.82, 2.24) is 0 Å². The van der Waals surface area contributed by atoms with E-state index in [1.165, 1.54) is 21.5 Å². The van der Waals surface area contributed by atoms with Crippen LogP contribution in [0.25, 0.3) is 0 Å². The number of hydrogen-bond donors (Lipinski definition) is 4. The Morgan fingerprint density at radius 1 is 0.388 bits per heavy atom. The van der Waals surface area contributed by atoms with Gasteiger partial charge in [0.05, 0.1) is 26.4 Å². The Kier molecular flexibility index (Phi) is 18.7. The number of hydrogen-bond acceptors (Lipinski definition) is 4. The van der Waals surface area contributed by atoms with Crippen LogP contribution in [0.3, 0.4) is 0 Å². The number of aryl methyl sites for hydroxylation is 1. The molecule has 0 saturated heterocycles. The molecular weight excluding hydrogens is 647 g/mol. The lowest BCUT2D eigenvalue weighted by molar-refractivity contribution is 0.275. The molecule has 0 aliphatic rings. The lowest BCUT2D eigenvalue weighted by atomic mass is 10.1. The first-order valence-corrected chi connectivity index (χ1v) is 18.1. The average molecular weight is 693 g/mol. The number of benzene rings is 6. The van der Waals surface area contributed by atoms with Crippen molar-refractivity contribution >= 4 is 35.4 Å². The van der Waals surface area contributed by atoms with Crippen LogP contribution in [0.5, 0.6) is 0 Å². The highest BCUT2D eigenvalue weighted by Crippen LogP contribution is 2.32. The van der Waals surface area contributed by atoms with E-state index >= 15 is 0 Å². The number of alkyl halides is 1. The van der Waals surface area contributed by atoms with Crippen molar-refractivity contribution < 1.29 is 20.4 Å². The Labute approximate surface area is 297 Å². The monoisotopic (exact) mass is 692 g/mol. The fourth-order valence-corrected chi connectivity index (χ4v) is 7.24. The van der Waals surface area contributed by atoms with Gasteiger partial charge in [-0.15, -0.1) is 11.6 Å². The van der Waals surface area contributed by atoms with E-state index in [2.05, 4.69) is 104 Å². The van der Waals surface area contributed by atoms with Crippen molar-refractivity contribution in [1.29, 1.82) is 0 Å². The van der Waals surface area contributed by atoms with Crippen LogP contribution in [-0.2, 0) is 38.7 Å². The standard InChI is InChI=1S/C18H15P.C9H12O.C8H9ClO.C8H10O2/c1-4-10-16(11-5-1)19(17-12-6-2-7-13-17)18-14-8-3-9-15-18;1-2-8-4-3-5-9(6-8)7-10;2*9-5-7-2-1-3-8(4-7)6-10/h1-15H;3-6,10H,2,7H2,1H3;1-4,10H,5-6H2;1-4,9-10H,5-6H2. The minimum atomic E-state index is -0.446. The Balaban J connectivity index is 0.000000187. The lowest BCUT2D eigenvalue weighted by Gasteiger charge is -2.18. The summed E-state index contributed by atoms with van der Waals surface area (Å²) in [4.78, 5) is 0. The van der Waals surface area contributed by atoms with Crippen LogP contribution in [-0.4, -0.2) is 20.4 Å². The first kappa shape index (κ1) is 39.3. The molecule has 6 heteroatoms. The van der Waals surface area contributed by atoms with E-state index in [1.807, 2.05) is 60.7 Å². The minimum Gasteiger partial charge on any atom is -0.392 e. The topological polar surface area (TPSA) is 80.9 Å². The fraction of sp³-hybridized carbons (Fsp3) is 0.163. The molecule has 6 aromatic carbocycles. The predicted octanol–water partition coefficient (Wildman–Crippen LogP) is 7.78. The summed E-state index contributed by atoms with van der Waals surface area (Å²) in [6.45, 7) is 2.41. The second-order valence-corrected chi connectivity index (χ2v) is 13.4. The number of rotatable bonds is 9. The summed E-state index contributed by atoms with van der Waals surface area (Å²) < 4.78 is 0. The molecule has 4 nitrogen and oxygen atoms in total. The molecule has 0 aromatic heterocycles. The molecule has 0 unspecified atom stereocenters. The number of aliphatic hydroxyl groups is 4. The van der Waals surface area contributed by atoms with Gasteiger partial charge in [-0.05, 0) is 63.6 Å². The maximum absolute atomic E-state index is 8.76. The summed E-state index contributed by atoms with van der Waals surface area (Å²) in [5.74, 6) is 0.508. The Morgan fingerprint density at radius 3 is 0.980 bits per heavy atom. The van der Waals surface area contributed by atoms with Gasteiger partial charge >= 0.3 is 0 Å². The average Bonchev–Trinajstić information content (AvgIpc) is 3.20. The first-order valence-electron chi connectivity index (χ1n) is 16.2. The van der Waals surface area contributed by atoms with Gasteiger partial charge in [0.1, 0.15) is 0 Å². The van der Waals surface area contributed by atoms with Gasteiger partial charge in [0, 0.05) is 5.88 Å². The summed E-state index contributed by atoms with van der Waals surface area (Å²) in [5.41, 5.74) is 5.93. The molecule has 6 aromatic rings. The fourth-order valence-electron chi connectivity index (χ4n) is 4.76. The van der Waals surface area contributed by atoms with E-state index in [-0.39, 0.29) is 26.4 Å². The van der Waals surface area contributed by atoms with Crippen LogP contribution >= 0.6 is 19.5 Å². The molecule has 4 N–H and O–H groups in total. The van der Waals surface area contributed by atoms with Crippen LogP contribution in [0, 0.1) is 0 Å². The zero-order valence-corrected chi connectivity index (χ0v) is 29.6. The van der Waals surface area contributed by atoms with Crippen LogP contribution in [0.4, 0.5) is 0 Å². The molecule has 0 spiro atoms. The van der Waals surface area contributed by atoms with Gasteiger partial charge in [-0.25, -0.2) is 0 Å². The maximum Gasteiger partial charge on any atom is 0.0681 e. The maximum atomic E-state index is 8.76. The second-order valence-electron chi connectivity index (χ2n) is 10.9. The van der Waals surface area contributed by atoms with Crippen LogP contribution in [0.15, 0.2) is 164 Å². The van der Waals surface area contributed by atoms with Crippen LogP contribution < -0.4 is 15.9 Å². The van der Waals surface area contributed by atoms with Crippen molar-refractivity contribution in [2.45, 2.75) is 45.7 Å². The largest absolute Gasteiger partial charge is 0.392 e. The quantitative estimate of drug-likeness (QED) is 0.0922. The Bertz CT molecular complexity index is 1470. The van der Waals surface area contributed by atoms with E-state index in [1.54, 1.807) is 6.07 Å². The third-order valence-electron chi connectivity index (χ3n) is 7.31. The van der Waals surface area contributed by atoms with Gasteiger partial charge in [-0.3, -0.25) is 0 Å². The molecule has 0 saturated carbocycles. The smallest absolute Gasteiger partial charge is 0.0681 e. The van der Waals surface area contributed by atoms with E-state index in [0.29, 0.717) is 5.88 Å². The van der Waals surface area contributed by atoms with Gasteiger partial charge in [-0.2, -0.15) is 0 Å². The molecule has 49 heavy (non-hydrogen) atoms. The zero-order chi connectivity index (χ0) is 35.1. The highest BCUT2D eigenvalue weighted by molar-refractivity contribution is 7.79. The van der Waals surface area contributed by atoms with Crippen LogP contribution in [0.1, 0.15) is 40.3 Å². The van der Waals surface area contributed by atoms with Crippen molar-refractivity contribution in [2.75, 3.05) is 0 Å². The summed E-state index contributed by atoms with van der Waals surface area (Å²) in [7, 11) is -0.446. The Hall–Kier alpha value is -4.12. The van der Waals surface area contributed by atoms with E-state index in [4.69, 9.17) is 32.0 Å². The van der Waals surface area contributed by atoms with Crippen molar-refractivity contribution in [2.24, 2.45) is 0 Å². The molecule has 0 atom stereocenters. The van der Waals surface area contributed by atoms with E-state index in [0.717, 1.165) is 34.2 Å². The molecule has 0 amide bonds. The SMILES string of the molecule is CCc1cccc(CO)c1.OCc1cccc(CCl)c1.OCc1cccc(CO)c1.c1ccc(P(c2ccccc2)c2ccccc2)cc1. The van der Waals surface area contributed by atoms with Gasteiger partial charge in [0.2, 0.25) is 0 Å². The molecule has 0 heterocycles. The molecule has 0 fully saturated rings. The van der Waals surface area contributed by atoms with Gasteiger partial charge in [0.25, 0.3) is 0 Å². The molecule has 0 aliphatic heterocycles. The van der Waals surface area contributed by atoms with Crippen molar-refractivity contribution in [3.63, 3.8) is 0 Å². The summed E-state index contributed by atoms with van der Waals surface area (Å²) >= 11 is 5.57. The minimum absolute atomic E-state index is 0.0356. The van der Waals surface area contributed by atoms with Crippen LogP contribution in [0.2, 0.25) is 0 Å². The summed E-state index contributed by atoms with van der Waals surface area (Å²) in [5, 5.41) is 39.0. The summed E-state index contributed by atoms with van der Waals surface area (Å²) in [6.07, 6.45) is 1.04. The third kappa shape index (κ3) is 14.1. The van der Waals surface area contributed by atoms with E-state index < -0.39 is 7.92 Å². The molecule has 0 radical (unpaired) electrons. The highest BCUT2D eigenvalue weighted by Gasteiger charge is 2.15.